The van der Waals surface area contributed by atoms with E-state index in [-0.39, 0.29) is 6.10 Å². The van der Waals surface area contributed by atoms with Crippen molar-refractivity contribution in [3.05, 3.63) is 35.4 Å². The second kappa shape index (κ2) is 2.91. The Kier molecular flexibility index (Phi) is 1.89. The van der Waals surface area contributed by atoms with Gasteiger partial charge in [-0.15, -0.1) is 0 Å². The van der Waals surface area contributed by atoms with E-state index >= 15 is 0 Å². The molecule has 0 aliphatic heterocycles. The van der Waals surface area contributed by atoms with Crippen LogP contribution in [0.4, 0.5) is 0 Å². The highest BCUT2D eigenvalue weighted by molar-refractivity contribution is 5.36. The van der Waals surface area contributed by atoms with Crippen molar-refractivity contribution in [2.45, 2.75) is 31.8 Å². The molecule has 0 fully saturated rings. The van der Waals surface area contributed by atoms with Crippen LogP contribution in [0.1, 0.15) is 30.4 Å². The van der Waals surface area contributed by atoms with Gasteiger partial charge >= 0.3 is 0 Å². The van der Waals surface area contributed by atoms with E-state index in [2.05, 4.69) is 25.1 Å². The van der Waals surface area contributed by atoms with Crippen LogP contribution in [0.3, 0.4) is 0 Å². The smallest absolute Gasteiger partial charge is 0.0649 e. The molecule has 64 valence electrons. The van der Waals surface area contributed by atoms with Crippen molar-refractivity contribution in [2.75, 3.05) is 0 Å². The summed E-state index contributed by atoms with van der Waals surface area (Å²) in [7, 11) is 0. The van der Waals surface area contributed by atoms with Gasteiger partial charge in [-0.25, -0.2) is 0 Å². The minimum Gasteiger partial charge on any atom is -0.392 e. The lowest BCUT2D eigenvalue weighted by Crippen LogP contribution is -2.11. The van der Waals surface area contributed by atoms with Crippen molar-refractivity contribution in [1.82, 2.24) is 0 Å². The van der Waals surface area contributed by atoms with Gasteiger partial charge in [0, 0.05) is 5.92 Å². The van der Waals surface area contributed by atoms with Gasteiger partial charge in [-0.2, -0.15) is 0 Å². The maximum Gasteiger partial charge on any atom is 0.0649 e. The molecule has 0 saturated carbocycles. The molecule has 0 aromatic heterocycles. The van der Waals surface area contributed by atoms with Crippen molar-refractivity contribution >= 4 is 0 Å². The van der Waals surface area contributed by atoms with Gasteiger partial charge in [0.05, 0.1) is 6.10 Å². The van der Waals surface area contributed by atoms with Crippen LogP contribution < -0.4 is 0 Å². The summed E-state index contributed by atoms with van der Waals surface area (Å²) in [5, 5.41) is 9.71. The molecule has 0 bridgehead atoms. The van der Waals surface area contributed by atoms with Crippen LogP contribution in [0, 0.1) is 0 Å². The van der Waals surface area contributed by atoms with Crippen LogP contribution in [-0.2, 0) is 6.42 Å². The molecule has 1 heteroatoms. The molecule has 1 aromatic rings. The number of rotatable bonds is 1. The Bertz CT molecular complexity index is 280. The summed E-state index contributed by atoms with van der Waals surface area (Å²) in [4.78, 5) is 0. The Balaban J connectivity index is 2.40. The first kappa shape index (κ1) is 7.81. The molecular weight excluding hydrogens is 148 g/mol. The summed E-state index contributed by atoms with van der Waals surface area (Å²) >= 11 is 0. The lowest BCUT2D eigenvalue weighted by Gasteiger charge is -2.12. The zero-order chi connectivity index (χ0) is 8.55. The van der Waals surface area contributed by atoms with E-state index < -0.39 is 0 Å². The average Bonchev–Trinajstić information content (AvgIpc) is 2.40. The van der Waals surface area contributed by atoms with Crippen LogP contribution >= 0.6 is 0 Å². The molecule has 1 nitrogen and oxygen atoms in total. The van der Waals surface area contributed by atoms with Gasteiger partial charge in [0.1, 0.15) is 0 Å². The van der Waals surface area contributed by atoms with Crippen molar-refractivity contribution in [1.29, 1.82) is 0 Å². The molecule has 0 saturated heterocycles. The van der Waals surface area contributed by atoms with Crippen molar-refractivity contribution in [3.8, 4) is 0 Å². The summed E-state index contributed by atoms with van der Waals surface area (Å²) in [6.07, 6.45) is 1.74. The molecule has 1 N–H and O–H groups in total. The van der Waals surface area contributed by atoms with Crippen molar-refractivity contribution in [3.63, 3.8) is 0 Å². The first-order valence-electron chi connectivity index (χ1n) is 4.58. The molecule has 12 heavy (non-hydrogen) atoms. The fourth-order valence-electron chi connectivity index (χ4n) is 2.15. The topological polar surface area (TPSA) is 20.2 Å². The van der Waals surface area contributed by atoms with Crippen LogP contribution in [0.5, 0.6) is 0 Å². The molecule has 2 rings (SSSR count). The Morgan fingerprint density at radius 3 is 2.92 bits per heavy atom. The van der Waals surface area contributed by atoms with Gasteiger partial charge in [-0.1, -0.05) is 31.2 Å². The standard InChI is InChI=1S/C11H14O/c1-2-9-10-6-4-3-5-8(10)7-11(9)12/h3-6,9,11-12H,2,7H2,1H3/t9?,11-/m0/s1. The van der Waals surface area contributed by atoms with Gasteiger partial charge < -0.3 is 5.11 Å². The van der Waals surface area contributed by atoms with E-state index in [1.54, 1.807) is 0 Å². The third kappa shape index (κ3) is 1.05. The van der Waals surface area contributed by atoms with Crippen LogP contribution in [-0.4, -0.2) is 11.2 Å². The van der Waals surface area contributed by atoms with Gasteiger partial charge in [0.2, 0.25) is 0 Å². The van der Waals surface area contributed by atoms with Crippen LogP contribution in [0.2, 0.25) is 0 Å². The number of aliphatic hydroxyl groups excluding tert-OH is 1. The second-order valence-corrected chi connectivity index (χ2v) is 3.49. The molecule has 0 spiro atoms. The fourth-order valence-corrected chi connectivity index (χ4v) is 2.15. The summed E-state index contributed by atoms with van der Waals surface area (Å²) in [5.41, 5.74) is 2.68. The lowest BCUT2D eigenvalue weighted by molar-refractivity contribution is 0.154. The van der Waals surface area contributed by atoms with Gasteiger partial charge in [0.15, 0.2) is 0 Å². The molecule has 1 aliphatic rings. The molecule has 1 aliphatic carbocycles. The number of hydrogen-bond acceptors (Lipinski definition) is 1. The molecule has 1 aromatic carbocycles. The highest BCUT2D eigenvalue weighted by atomic mass is 16.3. The summed E-state index contributed by atoms with van der Waals surface area (Å²) in [5.74, 6) is 0.376. The van der Waals surface area contributed by atoms with Gasteiger partial charge in [0.25, 0.3) is 0 Å². The third-order valence-corrected chi connectivity index (χ3v) is 2.79. The number of aliphatic hydroxyl groups is 1. The summed E-state index contributed by atoms with van der Waals surface area (Å²) in [6.45, 7) is 2.13. The van der Waals surface area contributed by atoms with Gasteiger partial charge in [-0.05, 0) is 24.0 Å². The van der Waals surface area contributed by atoms with E-state index in [1.807, 2.05) is 6.07 Å². The SMILES string of the molecule is CCC1c2ccccc2C[C@@H]1O. The molecule has 0 amide bonds. The normalized spacial score (nSPS) is 27.2. The van der Waals surface area contributed by atoms with E-state index in [1.165, 1.54) is 11.1 Å². The molecule has 2 atom stereocenters. The Morgan fingerprint density at radius 2 is 2.17 bits per heavy atom. The van der Waals surface area contributed by atoms with Crippen molar-refractivity contribution in [2.24, 2.45) is 0 Å². The highest BCUT2D eigenvalue weighted by Gasteiger charge is 2.28. The lowest BCUT2D eigenvalue weighted by atomic mass is 9.97. The molecule has 1 unspecified atom stereocenters. The first-order valence-corrected chi connectivity index (χ1v) is 4.58. The molecule has 0 heterocycles. The Hall–Kier alpha value is -0.820. The number of benzene rings is 1. The fraction of sp³-hybridized carbons (Fsp3) is 0.455. The largest absolute Gasteiger partial charge is 0.392 e. The van der Waals surface area contributed by atoms with E-state index in [9.17, 15) is 5.11 Å². The zero-order valence-corrected chi connectivity index (χ0v) is 7.33. The van der Waals surface area contributed by atoms with Crippen molar-refractivity contribution < 1.29 is 5.11 Å². The summed E-state index contributed by atoms with van der Waals surface area (Å²) in [6, 6.07) is 8.36. The number of fused-ring (bicyclic) bond motifs is 1. The minimum absolute atomic E-state index is 0.146. The van der Waals surface area contributed by atoms with E-state index in [0.29, 0.717) is 5.92 Å². The summed E-state index contributed by atoms with van der Waals surface area (Å²) < 4.78 is 0. The Morgan fingerprint density at radius 1 is 1.42 bits per heavy atom. The number of hydrogen-bond donors (Lipinski definition) is 1. The predicted molar refractivity (Wildman–Crippen MR) is 49.2 cm³/mol. The van der Waals surface area contributed by atoms with E-state index in [4.69, 9.17) is 0 Å². The molecular formula is C11H14O. The maximum atomic E-state index is 9.71. The first-order chi connectivity index (χ1) is 5.83. The Labute approximate surface area is 73.0 Å². The van der Waals surface area contributed by atoms with Crippen LogP contribution in [0.25, 0.3) is 0 Å². The van der Waals surface area contributed by atoms with Gasteiger partial charge in [-0.3, -0.25) is 0 Å². The predicted octanol–water partition coefficient (Wildman–Crippen LogP) is 2.10. The zero-order valence-electron chi connectivity index (χ0n) is 7.33. The molecule has 0 radical (unpaired) electrons. The van der Waals surface area contributed by atoms with E-state index in [0.717, 1.165) is 12.8 Å². The quantitative estimate of drug-likeness (QED) is 0.670. The third-order valence-electron chi connectivity index (χ3n) is 2.79. The second-order valence-electron chi connectivity index (χ2n) is 3.49. The maximum absolute atomic E-state index is 9.71. The highest BCUT2D eigenvalue weighted by Crippen LogP contribution is 2.34. The monoisotopic (exact) mass is 162 g/mol. The minimum atomic E-state index is -0.146. The average molecular weight is 162 g/mol. The van der Waals surface area contributed by atoms with Crippen LogP contribution in [0.15, 0.2) is 24.3 Å².